The molecular formula is C14H26N2. The van der Waals surface area contributed by atoms with E-state index in [1.807, 2.05) is 14.1 Å². The first kappa shape index (κ1) is 15.0. The Morgan fingerprint density at radius 3 is 2.44 bits per heavy atom. The van der Waals surface area contributed by atoms with Crippen LogP contribution in [0, 0.1) is 0 Å². The minimum atomic E-state index is 0.490. The second kappa shape index (κ2) is 10.5. The van der Waals surface area contributed by atoms with Crippen LogP contribution in [0.15, 0.2) is 36.1 Å². The number of allylic oxidation sites excluding steroid dienone is 5. The highest BCUT2D eigenvalue weighted by Crippen LogP contribution is 1.98. The molecule has 0 aliphatic heterocycles. The first-order chi connectivity index (χ1) is 7.78. The minimum Gasteiger partial charge on any atom is -0.392 e. The van der Waals surface area contributed by atoms with Gasteiger partial charge in [0.25, 0.3) is 0 Å². The number of rotatable bonds is 8. The van der Waals surface area contributed by atoms with E-state index in [2.05, 4.69) is 54.9 Å². The van der Waals surface area contributed by atoms with E-state index in [1.165, 1.54) is 5.70 Å². The largest absolute Gasteiger partial charge is 0.392 e. The van der Waals surface area contributed by atoms with Crippen molar-refractivity contribution in [1.29, 1.82) is 0 Å². The molecule has 0 bridgehead atoms. The quantitative estimate of drug-likeness (QED) is 0.617. The molecule has 0 aliphatic rings. The summed E-state index contributed by atoms with van der Waals surface area (Å²) in [5.41, 5.74) is 1.30. The average molecular weight is 222 g/mol. The normalized spacial score (nSPS) is 14.9. The van der Waals surface area contributed by atoms with E-state index in [4.69, 9.17) is 0 Å². The summed E-state index contributed by atoms with van der Waals surface area (Å²) in [5.74, 6) is 0. The molecule has 2 N–H and O–H groups in total. The molecule has 0 aromatic heterocycles. The van der Waals surface area contributed by atoms with E-state index in [9.17, 15) is 0 Å². The zero-order valence-electron chi connectivity index (χ0n) is 11.1. The fourth-order valence-corrected chi connectivity index (χ4v) is 1.43. The van der Waals surface area contributed by atoms with Crippen molar-refractivity contribution in [3.63, 3.8) is 0 Å². The van der Waals surface area contributed by atoms with Gasteiger partial charge in [-0.3, -0.25) is 0 Å². The van der Waals surface area contributed by atoms with Gasteiger partial charge >= 0.3 is 0 Å². The number of nitrogens with one attached hydrogen (secondary N) is 2. The van der Waals surface area contributed by atoms with E-state index in [0.717, 1.165) is 19.3 Å². The van der Waals surface area contributed by atoms with Gasteiger partial charge in [0.15, 0.2) is 0 Å². The van der Waals surface area contributed by atoms with Crippen molar-refractivity contribution < 1.29 is 0 Å². The number of likely N-dealkylation sites (N-methyl/N-ethyl adjacent to an activating group) is 1. The van der Waals surface area contributed by atoms with Crippen LogP contribution in [0.25, 0.3) is 0 Å². The van der Waals surface area contributed by atoms with E-state index in [1.54, 1.807) is 0 Å². The molecule has 0 saturated carbocycles. The lowest BCUT2D eigenvalue weighted by molar-refractivity contribution is 0.647. The molecule has 16 heavy (non-hydrogen) atoms. The SMILES string of the molecule is CCC(=CC/C=C\C=C\C(CC)NC)NC. The topological polar surface area (TPSA) is 24.1 Å². The predicted molar refractivity (Wildman–Crippen MR) is 73.5 cm³/mol. The van der Waals surface area contributed by atoms with Gasteiger partial charge in [-0.05, 0) is 26.3 Å². The van der Waals surface area contributed by atoms with Crippen LogP contribution >= 0.6 is 0 Å². The Morgan fingerprint density at radius 1 is 1.19 bits per heavy atom. The second-order valence-corrected chi connectivity index (χ2v) is 3.69. The van der Waals surface area contributed by atoms with E-state index in [0.29, 0.717) is 6.04 Å². The maximum absolute atomic E-state index is 3.24. The molecule has 0 aromatic rings. The molecule has 0 amide bonds. The predicted octanol–water partition coefficient (Wildman–Crippen LogP) is 3.00. The summed E-state index contributed by atoms with van der Waals surface area (Å²) >= 11 is 0. The summed E-state index contributed by atoms with van der Waals surface area (Å²) in [6.45, 7) is 4.34. The molecule has 0 heterocycles. The van der Waals surface area contributed by atoms with Crippen molar-refractivity contribution in [3.05, 3.63) is 36.1 Å². The second-order valence-electron chi connectivity index (χ2n) is 3.69. The van der Waals surface area contributed by atoms with Crippen LogP contribution in [0.5, 0.6) is 0 Å². The monoisotopic (exact) mass is 222 g/mol. The molecule has 2 heteroatoms. The Labute approximate surface area is 101 Å². The van der Waals surface area contributed by atoms with Crippen LogP contribution in [0.2, 0.25) is 0 Å². The van der Waals surface area contributed by atoms with Gasteiger partial charge in [0.2, 0.25) is 0 Å². The summed E-state index contributed by atoms with van der Waals surface area (Å²) < 4.78 is 0. The highest BCUT2D eigenvalue weighted by molar-refractivity contribution is 5.09. The third-order valence-electron chi connectivity index (χ3n) is 2.60. The lowest BCUT2D eigenvalue weighted by atomic mass is 10.2. The highest BCUT2D eigenvalue weighted by Gasteiger charge is 1.92. The van der Waals surface area contributed by atoms with Gasteiger partial charge in [-0.2, -0.15) is 0 Å². The third-order valence-corrected chi connectivity index (χ3v) is 2.60. The maximum Gasteiger partial charge on any atom is 0.0247 e. The van der Waals surface area contributed by atoms with Gasteiger partial charge in [-0.1, -0.05) is 44.2 Å². The van der Waals surface area contributed by atoms with Crippen molar-refractivity contribution in [3.8, 4) is 0 Å². The van der Waals surface area contributed by atoms with Gasteiger partial charge in [-0.15, -0.1) is 0 Å². The zero-order chi connectivity index (χ0) is 12.2. The van der Waals surface area contributed by atoms with Crippen molar-refractivity contribution in [1.82, 2.24) is 10.6 Å². The van der Waals surface area contributed by atoms with Crippen LogP contribution in [0.1, 0.15) is 33.1 Å². The van der Waals surface area contributed by atoms with Crippen LogP contribution in [-0.2, 0) is 0 Å². The number of hydrogen-bond acceptors (Lipinski definition) is 2. The molecular weight excluding hydrogens is 196 g/mol. The Kier molecular flexibility index (Phi) is 9.83. The Balaban J connectivity index is 3.89. The van der Waals surface area contributed by atoms with Gasteiger partial charge in [0, 0.05) is 18.8 Å². The summed E-state index contributed by atoms with van der Waals surface area (Å²) in [5, 5.41) is 6.41. The fraction of sp³-hybridized carbons (Fsp3) is 0.571. The molecule has 0 rings (SSSR count). The molecule has 0 radical (unpaired) electrons. The van der Waals surface area contributed by atoms with Crippen LogP contribution in [-0.4, -0.2) is 20.1 Å². The molecule has 1 unspecified atom stereocenters. The van der Waals surface area contributed by atoms with Crippen LogP contribution in [0.4, 0.5) is 0 Å². The lowest BCUT2D eigenvalue weighted by Crippen LogP contribution is -2.20. The molecule has 1 atom stereocenters. The number of hydrogen-bond donors (Lipinski definition) is 2. The van der Waals surface area contributed by atoms with Gasteiger partial charge in [0.05, 0.1) is 0 Å². The summed E-state index contributed by atoms with van der Waals surface area (Å²) in [6.07, 6.45) is 14.0. The molecule has 0 spiro atoms. The summed E-state index contributed by atoms with van der Waals surface area (Å²) in [4.78, 5) is 0. The average Bonchev–Trinajstić information content (AvgIpc) is 2.33. The van der Waals surface area contributed by atoms with Crippen molar-refractivity contribution in [2.24, 2.45) is 0 Å². The van der Waals surface area contributed by atoms with Crippen molar-refractivity contribution >= 4 is 0 Å². The van der Waals surface area contributed by atoms with E-state index in [-0.39, 0.29) is 0 Å². The first-order valence-electron chi connectivity index (χ1n) is 6.15. The Morgan fingerprint density at radius 2 is 1.94 bits per heavy atom. The lowest BCUT2D eigenvalue weighted by Gasteiger charge is -2.05. The highest BCUT2D eigenvalue weighted by atomic mass is 14.8. The Hall–Kier alpha value is -1.02. The van der Waals surface area contributed by atoms with E-state index >= 15 is 0 Å². The van der Waals surface area contributed by atoms with Crippen molar-refractivity contribution in [2.45, 2.75) is 39.2 Å². The maximum atomic E-state index is 3.24. The summed E-state index contributed by atoms with van der Waals surface area (Å²) in [6, 6.07) is 0.490. The molecule has 0 aliphatic carbocycles. The standard InChI is InChI=1S/C14H26N2/c1-5-13(15-3)11-9-7-8-10-12-14(6-2)16-4/h7-9,11-13,15-16H,5-6,10H2,1-4H3/b8-7-,11-9+,14-12?. The van der Waals surface area contributed by atoms with E-state index < -0.39 is 0 Å². The van der Waals surface area contributed by atoms with Gasteiger partial charge in [0.1, 0.15) is 0 Å². The van der Waals surface area contributed by atoms with Gasteiger partial charge < -0.3 is 10.6 Å². The van der Waals surface area contributed by atoms with Crippen LogP contribution in [0.3, 0.4) is 0 Å². The molecule has 2 nitrogen and oxygen atoms in total. The Bertz CT molecular complexity index is 229. The first-order valence-corrected chi connectivity index (χ1v) is 6.15. The smallest absolute Gasteiger partial charge is 0.0247 e. The third kappa shape index (κ3) is 7.30. The van der Waals surface area contributed by atoms with Gasteiger partial charge in [-0.25, -0.2) is 0 Å². The zero-order valence-corrected chi connectivity index (χ0v) is 11.1. The molecule has 92 valence electrons. The molecule has 0 fully saturated rings. The molecule has 0 aromatic carbocycles. The van der Waals surface area contributed by atoms with Crippen LogP contribution < -0.4 is 10.6 Å². The molecule has 0 saturated heterocycles. The fourth-order valence-electron chi connectivity index (χ4n) is 1.43. The summed E-state index contributed by atoms with van der Waals surface area (Å²) in [7, 11) is 3.96. The minimum absolute atomic E-state index is 0.490. The van der Waals surface area contributed by atoms with Crippen molar-refractivity contribution in [2.75, 3.05) is 14.1 Å².